The molecule has 33 heavy (non-hydrogen) atoms. The van der Waals surface area contributed by atoms with Crippen LogP contribution in [-0.2, 0) is 10.3 Å². The van der Waals surface area contributed by atoms with Gasteiger partial charge in [-0.3, -0.25) is 18.9 Å². The Kier molecular flexibility index (Phi) is 4.76. The molecule has 1 aromatic carbocycles. The normalized spacial score (nSPS) is 26.5. The number of H-pyrrole nitrogens is 1. The number of pyridine rings is 1. The highest BCUT2D eigenvalue weighted by molar-refractivity contribution is 8.26. The molecule has 2 atom stereocenters. The molecule has 174 valence electrons. The number of aromatic nitrogens is 3. The number of nitrogens with zero attached hydrogens (tertiary/aromatic N) is 3. The number of aliphatic imine (C=N–C) groups is 1. The van der Waals surface area contributed by atoms with Crippen LogP contribution in [0.5, 0.6) is 0 Å². The van der Waals surface area contributed by atoms with Crippen molar-refractivity contribution < 1.29 is 18.2 Å². The zero-order chi connectivity index (χ0) is 23.6. The molecule has 0 bridgehead atoms. The summed E-state index contributed by atoms with van der Waals surface area (Å²) >= 11 is 0. The van der Waals surface area contributed by atoms with E-state index in [1.165, 1.54) is 24.4 Å². The van der Waals surface area contributed by atoms with Gasteiger partial charge in [0.05, 0.1) is 24.9 Å². The van der Waals surface area contributed by atoms with Crippen molar-refractivity contribution in [3.8, 4) is 0 Å². The van der Waals surface area contributed by atoms with Gasteiger partial charge in [-0.2, -0.15) is 10.6 Å². The van der Waals surface area contributed by atoms with Crippen molar-refractivity contribution in [2.45, 2.75) is 29.4 Å². The van der Waals surface area contributed by atoms with E-state index in [9.17, 15) is 13.9 Å². The summed E-state index contributed by atoms with van der Waals surface area (Å²) < 4.78 is 41.8. The lowest BCUT2D eigenvalue weighted by atomic mass is 9.87. The van der Waals surface area contributed by atoms with Gasteiger partial charge < -0.3 is 20.8 Å². The number of nitrogens with two attached hydrogens (primary N) is 1. The van der Waals surface area contributed by atoms with E-state index in [1.54, 1.807) is 19.9 Å². The molecule has 1 unspecified atom stereocenters. The highest BCUT2D eigenvalue weighted by Gasteiger charge is 2.61. The molecule has 2 aliphatic rings. The number of nitrogens with one attached hydrogen (secondary N) is 2. The van der Waals surface area contributed by atoms with Crippen molar-refractivity contribution in [2.75, 3.05) is 18.5 Å². The van der Waals surface area contributed by atoms with Crippen LogP contribution in [0.4, 0.5) is 15.9 Å². The maximum absolute atomic E-state index is 15.2. The number of aromatic amines is 1. The van der Waals surface area contributed by atoms with Crippen LogP contribution in [0.2, 0.25) is 0 Å². The molecule has 12 heteroatoms. The summed E-state index contributed by atoms with van der Waals surface area (Å²) in [5.74, 6) is -0.183. The number of rotatable bonds is 3. The molecule has 1 fully saturated rings. The fourth-order valence-corrected chi connectivity index (χ4v) is 6.47. The Morgan fingerprint density at radius 2 is 2.09 bits per heavy atom. The van der Waals surface area contributed by atoms with Gasteiger partial charge in [0, 0.05) is 17.4 Å². The molecule has 1 saturated heterocycles. The van der Waals surface area contributed by atoms with Gasteiger partial charge in [0.15, 0.2) is 5.82 Å². The predicted octanol–water partition coefficient (Wildman–Crippen LogP) is 2.69. The topological polar surface area (TPSA) is 159 Å². The third-order valence-electron chi connectivity index (χ3n) is 6.40. The van der Waals surface area contributed by atoms with Crippen LogP contribution in [-0.4, -0.2) is 53.1 Å². The smallest absolute Gasteiger partial charge is 0.266 e. The monoisotopic (exact) mass is 474 g/mol. The Hall–Kier alpha value is -3.06. The number of halogens is 1. The second-order valence-corrected chi connectivity index (χ2v) is 11.4. The lowest BCUT2D eigenvalue weighted by Gasteiger charge is -2.56. The minimum atomic E-state index is -3.34. The fraction of sp³-hybridized carbons (Fsp3) is 0.333. The average Bonchev–Trinajstić information content (AvgIpc) is 3.19. The number of hydrogen-bond donors (Lipinski definition) is 5. The second-order valence-electron chi connectivity index (χ2n) is 8.65. The van der Waals surface area contributed by atoms with E-state index in [-0.39, 0.29) is 30.2 Å². The predicted molar refractivity (Wildman–Crippen MR) is 125 cm³/mol. The third-order valence-corrected chi connectivity index (χ3v) is 9.43. The van der Waals surface area contributed by atoms with Crippen LogP contribution < -0.4 is 16.6 Å². The largest absolute Gasteiger partial charge is 0.386 e. The Balaban J connectivity index is 1.62. The standard InChI is InChI=1S/C21H23FN6O4S/c1-20(2)19(23)28-21(10-32-9-15(21)33(20,30)31)12-7-11(3-4-13(12)22)26-18-17-14(5-6-24-18)27-16(29)8-25-17/h3-8,15,30-31H,9-10H2,1-2H3,(H2,23,28)(H,24,26)(H,27,29)/t15-,21?/m1/s1. The SMILES string of the molecule is CC1(C)C(N)=NC2(c3cc(Nc4nccc5[nH]c(=O)cnc45)ccc3F)COC[C@H]2S1(O)O. The van der Waals surface area contributed by atoms with Crippen LogP contribution >= 0.6 is 10.6 Å². The zero-order valence-electron chi connectivity index (χ0n) is 17.9. The molecular formula is C21H23FN6O4S. The highest BCUT2D eigenvalue weighted by atomic mass is 32.3. The minimum Gasteiger partial charge on any atom is -0.386 e. The van der Waals surface area contributed by atoms with Crippen molar-refractivity contribution in [2.24, 2.45) is 10.7 Å². The maximum Gasteiger partial charge on any atom is 0.266 e. The van der Waals surface area contributed by atoms with E-state index in [4.69, 9.17) is 10.5 Å². The number of ether oxygens (including phenoxy) is 1. The van der Waals surface area contributed by atoms with Crippen LogP contribution in [0.15, 0.2) is 46.4 Å². The van der Waals surface area contributed by atoms with E-state index < -0.39 is 31.9 Å². The summed E-state index contributed by atoms with van der Waals surface area (Å²) in [6, 6.07) is 5.94. The Morgan fingerprint density at radius 1 is 1.30 bits per heavy atom. The van der Waals surface area contributed by atoms with Gasteiger partial charge in [-0.25, -0.2) is 14.4 Å². The Bertz CT molecular complexity index is 1360. The van der Waals surface area contributed by atoms with Crippen molar-refractivity contribution in [1.29, 1.82) is 0 Å². The molecule has 0 spiro atoms. The number of fused-ring (bicyclic) bond motifs is 2. The average molecular weight is 475 g/mol. The quantitative estimate of drug-likeness (QED) is 0.387. The molecular weight excluding hydrogens is 451 g/mol. The van der Waals surface area contributed by atoms with Crippen molar-refractivity contribution in [1.82, 2.24) is 15.0 Å². The fourth-order valence-electron chi connectivity index (χ4n) is 4.33. The lowest BCUT2D eigenvalue weighted by molar-refractivity contribution is 0.178. The Morgan fingerprint density at radius 3 is 2.88 bits per heavy atom. The molecule has 0 radical (unpaired) electrons. The van der Waals surface area contributed by atoms with Gasteiger partial charge in [0.25, 0.3) is 5.56 Å². The number of anilines is 2. The zero-order valence-corrected chi connectivity index (χ0v) is 18.7. The summed E-state index contributed by atoms with van der Waals surface area (Å²) in [7, 11) is -3.34. The molecule has 0 aliphatic carbocycles. The number of hydrogen-bond acceptors (Lipinski definition) is 9. The van der Waals surface area contributed by atoms with Crippen molar-refractivity contribution >= 4 is 39.0 Å². The molecule has 5 rings (SSSR count). The van der Waals surface area contributed by atoms with Crippen molar-refractivity contribution in [3.05, 3.63) is 58.4 Å². The summed E-state index contributed by atoms with van der Waals surface area (Å²) in [4.78, 5) is 27.3. The Labute approximate surface area is 189 Å². The highest BCUT2D eigenvalue weighted by Crippen LogP contribution is 2.66. The molecule has 3 aromatic rings. The molecule has 10 nitrogen and oxygen atoms in total. The van der Waals surface area contributed by atoms with E-state index in [0.29, 0.717) is 22.5 Å². The molecule has 6 N–H and O–H groups in total. The molecule has 4 heterocycles. The third kappa shape index (κ3) is 3.13. The lowest BCUT2D eigenvalue weighted by Crippen LogP contribution is -2.57. The summed E-state index contributed by atoms with van der Waals surface area (Å²) in [5, 5.41) is 2.24. The van der Waals surface area contributed by atoms with E-state index >= 15 is 4.39 Å². The summed E-state index contributed by atoms with van der Waals surface area (Å²) in [6.07, 6.45) is 2.66. The van der Waals surface area contributed by atoms with E-state index in [2.05, 4.69) is 25.3 Å². The van der Waals surface area contributed by atoms with Gasteiger partial charge in [-0.05, 0) is 38.1 Å². The number of amidine groups is 1. The summed E-state index contributed by atoms with van der Waals surface area (Å²) in [5.41, 5.74) is 5.96. The molecule has 0 amide bonds. The van der Waals surface area contributed by atoms with Gasteiger partial charge >= 0.3 is 0 Å². The van der Waals surface area contributed by atoms with Crippen LogP contribution in [0.25, 0.3) is 11.0 Å². The number of benzene rings is 1. The van der Waals surface area contributed by atoms with E-state index in [1.807, 2.05) is 0 Å². The van der Waals surface area contributed by atoms with Crippen LogP contribution in [0, 0.1) is 5.82 Å². The van der Waals surface area contributed by atoms with Gasteiger partial charge in [-0.15, -0.1) is 0 Å². The first kappa shape index (κ1) is 21.8. The first-order valence-electron chi connectivity index (χ1n) is 10.2. The minimum absolute atomic E-state index is 0.0157. The first-order valence-corrected chi connectivity index (χ1v) is 11.8. The van der Waals surface area contributed by atoms with Crippen molar-refractivity contribution in [3.63, 3.8) is 0 Å². The van der Waals surface area contributed by atoms with Gasteiger partial charge in [0.1, 0.15) is 32.7 Å². The van der Waals surface area contributed by atoms with Crippen LogP contribution in [0.1, 0.15) is 19.4 Å². The first-order chi connectivity index (χ1) is 15.6. The molecule has 0 saturated carbocycles. The molecule has 2 aliphatic heterocycles. The maximum atomic E-state index is 15.2. The van der Waals surface area contributed by atoms with E-state index in [0.717, 1.165) is 6.20 Å². The van der Waals surface area contributed by atoms with Gasteiger partial charge in [-0.1, -0.05) is 0 Å². The molecule has 2 aromatic heterocycles. The van der Waals surface area contributed by atoms with Gasteiger partial charge in [0.2, 0.25) is 0 Å². The second kappa shape index (κ2) is 7.22. The summed E-state index contributed by atoms with van der Waals surface area (Å²) in [6.45, 7) is 3.20. The van der Waals surface area contributed by atoms with Crippen LogP contribution in [0.3, 0.4) is 0 Å².